The SMILES string of the molecule is CCOc1cc(CN[C@@H]2CCN(C3CC3)C2)ccn1. The lowest BCUT2D eigenvalue weighted by atomic mass is 10.2. The van der Waals surface area contributed by atoms with Crippen LogP contribution in [-0.2, 0) is 6.54 Å². The van der Waals surface area contributed by atoms with Crippen LogP contribution in [0.3, 0.4) is 0 Å². The van der Waals surface area contributed by atoms with Gasteiger partial charge in [0.1, 0.15) is 0 Å². The zero-order chi connectivity index (χ0) is 13.1. The fourth-order valence-corrected chi connectivity index (χ4v) is 2.77. The van der Waals surface area contributed by atoms with Gasteiger partial charge < -0.3 is 10.1 Å². The first-order valence-electron chi connectivity index (χ1n) is 7.40. The maximum Gasteiger partial charge on any atom is 0.213 e. The zero-order valence-electron chi connectivity index (χ0n) is 11.6. The largest absolute Gasteiger partial charge is 0.478 e. The van der Waals surface area contributed by atoms with Crippen molar-refractivity contribution in [2.45, 2.75) is 44.8 Å². The van der Waals surface area contributed by atoms with Crippen LogP contribution in [-0.4, -0.2) is 41.7 Å². The molecule has 0 radical (unpaired) electrons. The van der Waals surface area contributed by atoms with E-state index < -0.39 is 0 Å². The molecule has 4 nitrogen and oxygen atoms in total. The third-order valence-electron chi connectivity index (χ3n) is 3.97. The van der Waals surface area contributed by atoms with Gasteiger partial charge in [-0.1, -0.05) is 0 Å². The summed E-state index contributed by atoms with van der Waals surface area (Å²) in [7, 11) is 0. The normalized spacial score (nSPS) is 23.7. The molecule has 104 valence electrons. The summed E-state index contributed by atoms with van der Waals surface area (Å²) < 4.78 is 5.43. The van der Waals surface area contributed by atoms with Gasteiger partial charge in [0.15, 0.2) is 0 Å². The average Bonchev–Trinajstić information content (AvgIpc) is 3.17. The van der Waals surface area contributed by atoms with Gasteiger partial charge in [-0.05, 0) is 37.8 Å². The highest BCUT2D eigenvalue weighted by molar-refractivity contribution is 5.20. The maximum absolute atomic E-state index is 5.43. The zero-order valence-corrected chi connectivity index (χ0v) is 11.6. The van der Waals surface area contributed by atoms with Crippen molar-refractivity contribution in [3.63, 3.8) is 0 Å². The lowest BCUT2D eigenvalue weighted by Gasteiger charge is -2.16. The Morgan fingerprint density at radius 3 is 3.11 bits per heavy atom. The van der Waals surface area contributed by atoms with Crippen molar-refractivity contribution in [1.29, 1.82) is 0 Å². The molecular weight excluding hydrogens is 238 g/mol. The first kappa shape index (κ1) is 12.9. The summed E-state index contributed by atoms with van der Waals surface area (Å²) in [5.41, 5.74) is 1.25. The molecule has 0 bridgehead atoms. The summed E-state index contributed by atoms with van der Waals surface area (Å²) >= 11 is 0. The molecule has 2 fully saturated rings. The van der Waals surface area contributed by atoms with Crippen LogP contribution in [0.5, 0.6) is 5.88 Å². The summed E-state index contributed by atoms with van der Waals surface area (Å²) in [4.78, 5) is 6.83. The molecular formula is C15H23N3O. The fraction of sp³-hybridized carbons (Fsp3) is 0.667. The molecule has 2 heterocycles. The Balaban J connectivity index is 1.47. The Bertz CT molecular complexity index is 420. The number of nitrogens with zero attached hydrogens (tertiary/aromatic N) is 2. The van der Waals surface area contributed by atoms with Gasteiger partial charge in [0.2, 0.25) is 5.88 Å². The smallest absolute Gasteiger partial charge is 0.213 e. The molecule has 1 atom stereocenters. The van der Waals surface area contributed by atoms with E-state index in [1.807, 2.05) is 19.2 Å². The molecule has 1 saturated carbocycles. The van der Waals surface area contributed by atoms with Gasteiger partial charge in [-0.15, -0.1) is 0 Å². The van der Waals surface area contributed by atoms with Crippen molar-refractivity contribution < 1.29 is 4.74 Å². The summed E-state index contributed by atoms with van der Waals surface area (Å²) in [5, 5.41) is 3.65. The molecule has 0 spiro atoms. The van der Waals surface area contributed by atoms with Crippen LogP contribution < -0.4 is 10.1 Å². The van der Waals surface area contributed by atoms with Crippen molar-refractivity contribution in [2.75, 3.05) is 19.7 Å². The number of rotatable bonds is 6. The van der Waals surface area contributed by atoms with E-state index in [-0.39, 0.29) is 0 Å². The minimum atomic E-state index is 0.643. The highest BCUT2D eigenvalue weighted by atomic mass is 16.5. The van der Waals surface area contributed by atoms with Gasteiger partial charge in [-0.2, -0.15) is 0 Å². The molecule has 1 aromatic heterocycles. The molecule has 0 aromatic carbocycles. The summed E-state index contributed by atoms with van der Waals surface area (Å²) in [6, 6.07) is 5.63. The minimum Gasteiger partial charge on any atom is -0.478 e. The Hall–Kier alpha value is -1.13. The van der Waals surface area contributed by atoms with Gasteiger partial charge in [0, 0.05) is 44.0 Å². The van der Waals surface area contributed by atoms with Gasteiger partial charge in [0.05, 0.1) is 6.61 Å². The molecule has 2 aliphatic rings. The quantitative estimate of drug-likeness (QED) is 0.847. The highest BCUT2D eigenvalue weighted by Gasteiger charge is 2.33. The molecule has 4 heteroatoms. The standard InChI is InChI=1S/C15H23N3O/c1-2-19-15-9-12(5-7-16-15)10-17-13-6-8-18(11-13)14-3-4-14/h5,7,9,13-14,17H,2-4,6,8,10-11H2,1H3/t13-/m1/s1. The number of ether oxygens (including phenoxy) is 1. The van der Waals surface area contributed by atoms with Crippen LogP contribution >= 0.6 is 0 Å². The maximum atomic E-state index is 5.43. The highest BCUT2D eigenvalue weighted by Crippen LogP contribution is 2.29. The lowest BCUT2D eigenvalue weighted by Crippen LogP contribution is -2.32. The number of hydrogen-bond acceptors (Lipinski definition) is 4. The lowest BCUT2D eigenvalue weighted by molar-refractivity contribution is 0.317. The van der Waals surface area contributed by atoms with E-state index in [0.29, 0.717) is 12.6 Å². The van der Waals surface area contributed by atoms with Crippen LogP contribution in [0.4, 0.5) is 0 Å². The van der Waals surface area contributed by atoms with Crippen LogP contribution in [0.25, 0.3) is 0 Å². The summed E-state index contributed by atoms with van der Waals surface area (Å²) in [5.74, 6) is 0.729. The first-order valence-corrected chi connectivity index (χ1v) is 7.40. The third-order valence-corrected chi connectivity index (χ3v) is 3.97. The summed E-state index contributed by atoms with van der Waals surface area (Å²) in [6.45, 7) is 6.04. The minimum absolute atomic E-state index is 0.643. The van der Waals surface area contributed by atoms with Crippen molar-refractivity contribution in [3.8, 4) is 5.88 Å². The fourth-order valence-electron chi connectivity index (χ4n) is 2.77. The van der Waals surface area contributed by atoms with Crippen LogP contribution in [0, 0.1) is 0 Å². The van der Waals surface area contributed by atoms with E-state index in [0.717, 1.165) is 18.5 Å². The monoisotopic (exact) mass is 261 g/mol. The molecule has 0 unspecified atom stereocenters. The van der Waals surface area contributed by atoms with Crippen molar-refractivity contribution in [1.82, 2.24) is 15.2 Å². The average molecular weight is 261 g/mol. The Labute approximate surface area is 115 Å². The van der Waals surface area contributed by atoms with E-state index in [1.165, 1.54) is 37.9 Å². The topological polar surface area (TPSA) is 37.4 Å². The van der Waals surface area contributed by atoms with E-state index >= 15 is 0 Å². The van der Waals surface area contributed by atoms with Crippen molar-refractivity contribution >= 4 is 0 Å². The second-order valence-corrected chi connectivity index (χ2v) is 5.53. The number of nitrogens with one attached hydrogen (secondary N) is 1. The van der Waals surface area contributed by atoms with Gasteiger partial charge >= 0.3 is 0 Å². The number of aromatic nitrogens is 1. The van der Waals surface area contributed by atoms with Crippen LogP contribution in [0.2, 0.25) is 0 Å². The molecule has 0 amide bonds. The van der Waals surface area contributed by atoms with Crippen LogP contribution in [0.15, 0.2) is 18.3 Å². The first-order chi connectivity index (χ1) is 9.35. The number of pyridine rings is 1. The Morgan fingerprint density at radius 2 is 2.32 bits per heavy atom. The molecule has 1 saturated heterocycles. The second-order valence-electron chi connectivity index (χ2n) is 5.53. The molecule has 3 rings (SSSR count). The van der Waals surface area contributed by atoms with Gasteiger partial charge in [0.25, 0.3) is 0 Å². The van der Waals surface area contributed by atoms with E-state index in [9.17, 15) is 0 Å². The summed E-state index contributed by atoms with van der Waals surface area (Å²) in [6.07, 6.45) is 5.93. The molecule has 1 aliphatic heterocycles. The van der Waals surface area contributed by atoms with E-state index in [4.69, 9.17) is 4.74 Å². The molecule has 1 N–H and O–H groups in total. The van der Waals surface area contributed by atoms with Crippen molar-refractivity contribution in [3.05, 3.63) is 23.9 Å². The Morgan fingerprint density at radius 1 is 1.42 bits per heavy atom. The third kappa shape index (κ3) is 3.45. The molecule has 1 aromatic rings. The predicted octanol–water partition coefficient (Wildman–Crippen LogP) is 1.81. The predicted molar refractivity (Wildman–Crippen MR) is 75.2 cm³/mol. The molecule has 1 aliphatic carbocycles. The van der Waals surface area contributed by atoms with Crippen molar-refractivity contribution in [2.24, 2.45) is 0 Å². The number of hydrogen-bond donors (Lipinski definition) is 1. The van der Waals surface area contributed by atoms with Crippen LogP contribution in [0.1, 0.15) is 31.7 Å². The van der Waals surface area contributed by atoms with E-state index in [2.05, 4.69) is 21.3 Å². The van der Waals surface area contributed by atoms with E-state index in [1.54, 1.807) is 0 Å². The second kappa shape index (κ2) is 5.88. The molecule has 19 heavy (non-hydrogen) atoms. The Kier molecular flexibility index (Phi) is 3.99. The number of likely N-dealkylation sites (tertiary alicyclic amines) is 1. The van der Waals surface area contributed by atoms with Gasteiger partial charge in [-0.3, -0.25) is 4.90 Å². The van der Waals surface area contributed by atoms with Gasteiger partial charge in [-0.25, -0.2) is 4.98 Å².